The molecule has 0 saturated carbocycles. The highest BCUT2D eigenvalue weighted by atomic mass is 16.3. The first-order valence-electron chi connectivity index (χ1n) is 10.3. The fourth-order valence-electron chi connectivity index (χ4n) is 4.13. The van der Waals surface area contributed by atoms with Crippen molar-refractivity contribution in [3.05, 3.63) is 106 Å². The highest BCUT2D eigenvalue weighted by Crippen LogP contribution is 2.34. The zero-order chi connectivity index (χ0) is 22.0. The summed E-state index contributed by atoms with van der Waals surface area (Å²) in [6, 6.07) is 19.0. The zero-order valence-electron chi connectivity index (χ0n) is 17.4. The van der Waals surface area contributed by atoms with Crippen molar-refractivity contribution >= 4 is 12.0 Å². The molecule has 1 unspecified atom stereocenters. The van der Waals surface area contributed by atoms with Crippen molar-refractivity contribution in [1.82, 2.24) is 9.58 Å². The van der Waals surface area contributed by atoms with Crippen LogP contribution in [0.1, 0.15) is 46.6 Å². The number of hydrogen-bond acceptors (Lipinski definition) is 4. The molecule has 0 fully saturated rings. The SMILES string of the molecule is C=Cc1ccccc1C(c1ccccc1)N1CN(CCC)C(=O)c2c(O)c(=O)ccn21. The number of amides is 1. The third kappa shape index (κ3) is 3.61. The minimum Gasteiger partial charge on any atom is -0.502 e. The lowest BCUT2D eigenvalue weighted by atomic mass is 9.93. The summed E-state index contributed by atoms with van der Waals surface area (Å²) in [6.07, 6.45) is 4.13. The number of fused-ring (bicyclic) bond motifs is 1. The summed E-state index contributed by atoms with van der Waals surface area (Å²) in [4.78, 5) is 26.9. The van der Waals surface area contributed by atoms with Crippen molar-refractivity contribution < 1.29 is 9.90 Å². The van der Waals surface area contributed by atoms with Gasteiger partial charge < -0.3 is 10.0 Å². The zero-order valence-corrected chi connectivity index (χ0v) is 17.4. The van der Waals surface area contributed by atoms with Crippen LogP contribution in [0.5, 0.6) is 5.75 Å². The van der Waals surface area contributed by atoms with Gasteiger partial charge in [0, 0.05) is 18.8 Å². The van der Waals surface area contributed by atoms with Gasteiger partial charge >= 0.3 is 0 Å². The predicted molar refractivity (Wildman–Crippen MR) is 122 cm³/mol. The summed E-state index contributed by atoms with van der Waals surface area (Å²) in [6.45, 7) is 6.79. The molecule has 1 N–H and O–H groups in total. The number of pyridine rings is 1. The van der Waals surface area contributed by atoms with Crippen LogP contribution in [-0.2, 0) is 0 Å². The number of carbonyl (C=O) groups is 1. The molecule has 2 heterocycles. The van der Waals surface area contributed by atoms with E-state index in [-0.39, 0.29) is 17.6 Å². The van der Waals surface area contributed by atoms with E-state index in [4.69, 9.17) is 0 Å². The second-order valence-electron chi connectivity index (χ2n) is 7.52. The van der Waals surface area contributed by atoms with Crippen LogP contribution in [0.2, 0.25) is 0 Å². The van der Waals surface area contributed by atoms with Crippen molar-refractivity contribution in [1.29, 1.82) is 0 Å². The molecule has 1 aliphatic rings. The van der Waals surface area contributed by atoms with Crippen molar-refractivity contribution in [2.24, 2.45) is 0 Å². The first kappa shape index (κ1) is 20.5. The Hall–Kier alpha value is -3.80. The van der Waals surface area contributed by atoms with E-state index >= 15 is 0 Å². The topological polar surface area (TPSA) is 65.8 Å². The third-order valence-electron chi connectivity index (χ3n) is 5.55. The van der Waals surface area contributed by atoms with Crippen molar-refractivity contribution in [2.75, 3.05) is 18.2 Å². The van der Waals surface area contributed by atoms with Crippen LogP contribution < -0.4 is 10.4 Å². The van der Waals surface area contributed by atoms with Gasteiger partial charge in [-0.05, 0) is 23.1 Å². The molecule has 1 atom stereocenters. The molecule has 31 heavy (non-hydrogen) atoms. The first-order valence-corrected chi connectivity index (χ1v) is 10.3. The molecule has 158 valence electrons. The molecule has 0 aliphatic carbocycles. The average molecular weight is 415 g/mol. The van der Waals surface area contributed by atoms with Gasteiger partial charge in [0.2, 0.25) is 5.43 Å². The van der Waals surface area contributed by atoms with E-state index in [1.165, 1.54) is 6.07 Å². The molecule has 1 amide bonds. The summed E-state index contributed by atoms with van der Waals surface area (Å²) < 4.78 is 1.61. The van der Waals surface area contributed by atoms with Crippen LogP contribution in [-0.4, -0.2) is 33.8 Å². The summed E-state index contributed by atoms with van der Waals surface area (Å²) in [5, 5.41) is 12.5. The lowest BCUT2D eigenvalue weighted by Gasteiger charge is -2.44. The van der Waals surface area contributed by atoms with Crippen LogP contribution in [0.4, 0.5) is 0 Å². The van der Waals surface area contributed by atoms with E-state index in [9.17, 15) is 14.7 Å². The van der Waals surface area contributed by atoms with Gasteiger partial charge in [-0.3, -0.25) is 19.3 Å². The normalized spacial score (nSPS) is 14.3. The van der Waals surface area contributed by atoms with Crippen molar-refractivity contribution in [3.8, 4) is 5.75 Å². The van der Waals surface area contributed by atoms with Gasteiger partial charge in [-0.1, -0.05) is 74.2 Å². The molecule has 0 radical (unpaired) electrons. The quantitative estimate of drug-likeness (QED) is 0.666. The highest BCUT2D eigenvalue weighted by molar-refractivity contribution is 5.96. The van der Waals surface area contributed by atoms with Gasteiger partial charge in [-0.2, -0.15) is 0 Å². The Labute approximate surface area is 181 Å². The Morgan fingerprint density at radius 2 is 1.77 bits per heavy atom. The number of nitrogens with zero attached hydrogens (tertiary/aromatic N) is 3. The molecule has 0 saturated heterocycles. The van der Waals surface area contributed by atoms with Gasteiger partial charge in [0.25, 0.3) is 5.91 Å². The summed E-state index contributed by atoms with van der Waals surface area (Å²) in [7, 11) is 0. The largest absolute Gasteiger partial charge is 0.502 e. The van der Waals surface area contributed by atoms with Crippen molar-refractivity contribution in [3.63, 3.8) is 0 Å². The van der Waals surface area contributed by atoms with Gasteiger partial charge in [0.15, 0.2) is 11.4 Å². The van der Waals surface area contributed by atoms with Gasteiger partial charge in [-0.25, -0.2) is 0 Å². The molecule has 1 aliphatic heterocycles. The van der Waals surface area contributed by atoms with E-state index in [0.717, 1.165) is 23.1 Å². The first-order chi connectivity index (χ1) is 15.1. The fourth-order valence-corrected chi connectivity index (χ4v) is 4.13. The Morgan fingerprint density at radius 3 is 2.48 bits per heavy atom. The molecule has 6 nitrogen and oxygen atoms in total. The Morgan fingerprint density at radius 1 is 1.06 bits per heavy atom. The lowest BCUT2D eigenvalue weighted by molar-refractivity contribution is 0.0680. The summed E-state index contributed by atoms with van der Waals surface area (Å²) in [5.74, 6) is -0.876. The molecular formula is C25H25N3O3. The molecular weight excluding hydrogens is 390 g/mol. The van der Waals surface area contributed by atoms with Crippen molar-refractivity contribution in [2.45, 2.75) is 19.4 Å². The van der Waals surface area contributed by atoms with Crippen LogP contribution >= 0.6 is 0 Å². The molecule has 2 aromatic carbocycles. The maximum Gasteiger partial charge on any atom is 0.277 e. The maximum atomic E-state index is 13.1. The van der Waals surface area contributed by atoms with Crippen LogP contribution in [0.15, 0.2) is 78.2 Å². The summed E-state index contributed by atoms with van der Waals surface area (Å²) >= 11 is 0. The van der Waals surface area contributed by atoms with Gasteiger partial charge in [0.1, 0.15) is 6.67 Å². The van der Waals surface area contributed by atoms with E-state index in [1.807, 2.05) is 72.6 Å². The Kier molecular flexibility index (Phi) is 5.62. The summed E-state index contributed by atoms with van der Waals surface area (Å²) in [5.41, 5.74) is 2.43. The monoisotopic (exact) mass is 415 g/mol. The number of carbonyl (C=O) groups excluding carboxylic acids is 1. The second-order valence-corrected chi connectivity index (χ2v) is 7.52. The highest BCUT2D eigenvalue weighted by Gasteiger charge is 2.36. The number of aromatic nitrogens is 1. The van der Waals surface area contributed by atoms with Crippen LogP contribution in [0.25, 0.3) is 6.08 Å². The molecule has 6 heteroatoms. The van der Waals surface area contributed by atoms with Crippen LogP contribution in [0.3, 0.4) is 0 Å². The fraction of sp³-hybridized carbons (Fsp3) is 0.200. The standard InChI is InChI=1S/C25H25N3O3/c1-3-15-26-17-28(27-16-14-21(29)24(30)23(27)25(26)31)22(19-11-6-5-7-12-19)20-13-9-8-10-18(20)4-2/h4-14,16,22,30H,2-3,15,17H2,1H3. The van der Waals surface area contributed by atoms with E-state index in [0.29, 0.717) is 13.2 Å². The van der Waals surface area contributed by atoms with Crippen LogP contribution in [0, 0.1) is 0 Å². The predicted octanol–water partition coefficient (Wildman–Crippen LogP) is 3.75. The Balaban J connectivity index is 1.98. The molecule has 3 aromatic rings. The maximum absolute atomic E-state index is 13.1. The van der Waals surface area contributed by atoms with Gasteiger partial charge in [0.05, 0.1) is 6.04 Å². The second kappa shape index (κ2) is 8.52. The smallest absolute Gasteiger partial charge is 0.277 e. The van der Waals surface area contributed by atoms with Gasteiger partial charge in [-0.15, -0.1) is 0 Å². The molecule has 0 spiro atoms. The van der Waals surface area contributed by atoms with E-state index in [1.54, 1.807) is 15.8 Å². The third-order valence-corrected chi connectivity index (χ3v) is 5.55. The molecule has 0 bridgehead atoms. The van der Waals surface area contributed by atoms with E-state index < -0.39 is 11.2 Å². The minimum atomic E-state index is -0.569. The Bertz CT molecular complexity index is 1170. The van der Waals surface area contributed by atoms with E-state index in [2.05, 4.69) is 6.58 Å². The average Bonchev–Trinajstić information content (AvgIpc) is 2.80. The lowest BCUT2D eigenvalue weighted by Crippen LogP contribution is -2.55. The number of aromatic hydroxyl groups is 1. The number of rotatable bonds is 6. The molecule has 4 rings (SSSR count). The molecule has 1 aromatic heterocycles. The number of hydrogen-bond donors (Lipinski definition) is 1. The number of benzene rings is 2. The minimum absolute atomic E-state index is 0.00999.